The van der Waals surface area contributed by atoms with Crippen LogP contribution in [0.4, 0.5) is 5.69 Å². The largest absolute Gasteiger partial charge is 0.325 e. The molecule has 7 heteroatoms. The summed E-state index contributed by atoms with van der Waals surface area (Å²) < 4.78 is 0. The van der Waals surface area contributed by atoms with Gasteiger partial charge in [-0.15, -0.1) is 0 Å². The number of carbonyl (C=O) groups is 1. The minimum absolute atomic E-state index is 0.0651. The monoisotopic (exact) mass is 532 g/mol. The topological polar surface area (TPSA) is 59.4 Å². The molecule has 1 atom stereocenters. The molecule has 1 N–H and O–H groups in total. The number of hydrogen-bond donors (Lipinski definition) is 1. The predicted molar refractivity (Wildman–Crippen MR) is 150 cm³/mol. The van der Waals surface area contributed by atoms with Crippen LogP contribution in [0.15, 0.2) is 60.7 Å². The molecule has 2 heterocycles. The Morgan fingerprint density at radius 3 is 2.46 bits per heavy atom. The molecule has 0 saturated carbocycles. The Hall–Kier alpha value is -2.88. The van der Waals surface area contributed by atoms with Gasteiger partial charge in [0.25, 0.3) is 0 Å². The number of likely N-dealkylation sites (tertiary alicyclic amines) is 1. The molecule has 37 heavy (non-hydrogen) atoms. The molecular formula is C30H30Cl2N4O. The fraction of sp³-hybridized carbons (Fsp3) is 0.333. The molecule has 0 aromatic heterocycles. The fourth-order valence-electron chi connectivity index (χ4n) is 5.74. The van der Waals surface area contributed by atoms with Gasteiger partial charge >= 0.3 is 0 Å². The number of benzene rings is 3. The van der Waals surface area contributed by atoms with Gasteiger partial charge in [0.15, 0.2) is 0 Å². The molecule has 0 bridgehead atoms. The van der Waals surface area contributed by atoms with E-state index in [0.29, 0.717) is 33.8 Å². The van der Waals surface area contributed by atoms with E-state index in [1.807, 2.05) is 18.2 Å². The van der Waals surface area contributed by atoms with Crippen molar-refractivity contribution >= 4 is 34.8 Å². The first kappa shape index (κ1) is 25.8. The van der Waals surface area contributed by atoms with Crippen molar-refractivity contribution < 1.29 is 4.79 Å². The highest BCUT2D eigenvalue weighted by Crippen LogP contribution is 2.41. The third kappa shape index (κ3) is 6.00. The first-order valence-corrected chi connectivity index (χ1v) is 13.5. The molecule has 0 radical (unpaired) electrons. The van der Waals surface area contributed by atoms with Crippen LogP contribution < -0.4 is 5.32 Å². The maximum Gasteiger partial charge on any atom is 0.238 e. The molecule has 0 aliphatic carbocycles. The van der Waals surface area contributed by atoms with Crippen molar-refractivity contribution in [2.75, 3.05) is 38.5 Å². The number of anilines is 1. The van der Waals surface area contributed by atoms with Gasteiger partial charge in [0, 0.05) is 28.3 Å². The molecule has 2 aliphatic heterocycles. The summed E-state index contributed by atoms with van der Waals surface area (Å²) in [5.41, 5.74) is 6.11. The number of fused-ring (bicyclic) bond motifs is 1. The molecule has 3 aromatic carbocycles. The summed E-state index contributed by atoms with van der Waals surface area (Å²) in [6, 6.07) is 22.0. The molecule has 0 spiro atoms. The fourth-order valence-corrected chi connectivity index (χ4v) is 6.27. The summed E-state index contributed by atoms with van der Waals surface area (Å²) in [5.74, 6) is 0.418. The van der Waals surface area contributed by atoms with Crippen LogP contribution in [0.1, 0.15) is 35.6 Å². The Balaban J connectivity index is 1.41. The van der Waals surface area contributed by atoms with Gasteiger partial charge in [-0.05, 0) is 97.9 Å². The normalized spacial score (nSPS) is 18.7. The number of nitrogens with zero attached hydrogens (tertiary/aromatic N) is 3. The van der Waals surface area contributed by atoms with Crippen LogP contribution in [0.5, 0.6) is 0 Å². The zero-order valence-corrected chi connectivity index (χ0v) is 22.4. The third-order valence-electron chi connectivity index (χ3n) is 7.55. The molecule has 3 aromatic rings. The van der Waals surface area contributed by atoms with Crippen molar-refractivity contribution in [2.45, 2.75) is 25.3 Å². The zero-order valence-electron chi connectivity index (χ0n) is 20.9. The highest BCUT2D eigenvalue weighted by atomic mass is 35.5. The van der Waals surface area contributed by atoms with Gasteiger partial charge in [0.05, 0.1) is 18.2 Å². The number of amides is 1. The first-order valence-electron chi connectivity index (χ1n) is 12.7. The number of nitriles is 1. The number of hydrogen-bond acceptors (Lipinski definition) is 4. The standard InChI is InChI=1S/C30H30Cl2N4O/c1-35-10-7-21(8-11-35)30-28-6-5-23(22-4-2-3-20(13-22)18-33)14-24(28)9-12-36(30)19-29(37)34-27-16-25(31)15-26(32)17-27/h2-6,13-17,21,30H,7-12,19H2,1H3,(H,34,37). The number of rotatable bonds is 5. The lowest BCUT2D eigenvalue weighted by atomic mass is 9.79. The number of nitrogens with one attached hydrogen (secondary N) is 1. The quantitative estimate of drug-likeness (QED) is 0.412. The summed E-state index contributed by atoms with van der Waals surface area (Å²) in [6.45, 7) is 3.26. The Morgan fingerprint density at radius 1 is 1.00 bits per heavy atom. The van der Waals surface area contributed by atoms with Gasteiger partial charge < -0.3 is 10.2 Å². The lowest BCUT2D eigenvalue weighted by molar-refractivity contribution is -0.118. The van der Waals surface area contributed by atoms with Crippen molar-refractivity contribution in [3.05, 3.63) is 87.4 Å². The molecule has 190 valence electrons. The van der Waals surface area contributed by atoms with Crippen LogP contribution in [0.3, 0.4) is 0 Å². The van der Waals surface area contributed by atoms with Crippen LogP contribution in [0.25, 0.3) is 11.1 Å². The van der Waals surface area contributed by atoms with Crippen LogP contribution >= 0.6 is 23.2 Å². The second-order valence-electron chi connectivity index (χ2n) is 10.1. The van der Waals surface area contributed by atoms with Gasteiger partial charge in [-0.1, -0.05) is 53.5 Å². The van der Waals surface area contributed by atoms with Crippen LogP contribution in [-0.2, 0) is 11.2 Å². The summed E-state index contributed by atoms with van der Waals surface area (Å²) in [4.78, 5) is 17.8. The van der Waals surface area contributed by atoms with E-state index in [1.165, 1.54) is 11.1 Å². The average molecular weight is 534 g/mol. The average Bonchev–Trinajstić information content (AvgIpc) is 2.88. The van der Waals surface area contributed by atoms with E-state index in [1.54, 1.807) is 18.2 Å². The van der Waals surface area contributed by atoms with Gasteiger partial charge in [-0.25, -0.2) is 0 Å². The van der Waals surface area contributed by atoms with Crippen LogP contribution in [0, 0.1) is 17.2 Å². The van der Waals surface area contributed by atoms with E-state index in [0.717, 1.165) is 50.0 Å². The second-order valence-corrected chi connectivity index (χ2v) is 11.0. The SMILES string of the molecule is CN1CCC(C2c3ccc(-c4cccc(C#N)c4)cc3CCN2CC(=O)Nc2cc(Cl)cc(Cl)c2)CC1. The zero-order chi connectivity index (χ0) is 25.9. The number of carbonyl (C=O) groups excluding carboxylic acids is 1. The minimum atomic E-state index is -0.0651. The van der Waals surface area contributed by atoms with Gasteiger partial charge in [-0.2, -0.15) is 5.26 Å². The predicted octanol–water partition coefficient (Wildman–Crippen LogP) is 6.41. The lowest BCUT2D eigenvalue weighted by Gasteiger charge is -2.44. The van der Waals surface area contributed by atoms with E-state index in [2.05, 4.69) is 52.5 Å². The van der Waals surface area contributed by atoms with Crippen LogP contribution in [0.2, 0.25) is 10.0 Å². The highest BCUT2D eigenvalue weighted by molar-refractivity contribution is 6.35. The summed E-state index contributed by atoms with van der Waals surface area (Å²) in [5, 5.41) is 13.3. The minimum Gasteiger partial charge on any atom is -0.325 e. The molecule has 2 aliphatic rings. The molecule has 1 saturated heterocycles. The maximum atomic E-state index is 13.1. The Labute approximate surface area is 228 Å². The Morgan fingerprint density at radius 2 is 1.73 bits per heavy atom. The summed E-state index contributed by atoms with van der Waals surface area (Å²) in [6.07, 6.45) is 3.09. The van der Waals surface area contributed by atoms with Crippen molar-refractivity contribution in [1.82, 2.24) is 9.80 Å². The summed E-state index contributed by atoms with van der Waals surface area (Å²) in [7, 11) is 2.17. The Bertz CT molecular complexity index is 1320. The highest BCUT2D eigenvalue weighted by Gasteiger charge is 2.36. The summed E-state index contributed by atoms with van der Waals surface area (Å²) >= 11 is 12.3. The smallest absolute Gasteiger partial charge is 0.238 e. The lowest BCUT2D eigenvalue weighted by Crippen LogP contribution is -2.45. The van der Waals surface area contributed by atoms with E-state index in [-0.39, 0.29) is 11.9 Å². The van der Waals surface area contributed by atoms with Crippen molar-refractivity contribution in [2.24, 2.45) is 5.92 Å². The van der Waals surface area contributed by atoms with Crippen LogP contribution in [-0.4, -0.2) is 48.9 Å². The van der Waals surface area contributed by atoms with Gasteiger partial charge in [0.1, 0.15) is 0 Å². The number of piperidine rings is 1. The van der Waals surface area contributed by atoms with E-state index in [9.17, 15) is 10.1 Å². The van der Waals surface area contributed by atoms with E-state index in [4.69, 9.17) is 23.2 Å². The van der Waals surface area contributed by atoms with Crippen molar-refractivity contribution in [1.29, 1.82) is 5.26 Å². The van der Waals surface area contributed by atoms with Crippen molar-refractivity contribution in [3.8, 4) is 17.2 Å². The number of halogens is 2. The molecule has 5 nitrogen and oxygen atoms in total. The molecule has 1 unspecified atom stereocenters. The van der Waals surface area contributed by atoms with Crippen molar-refractivity contribution in [3.63, 3.8) is 0 Å². The Kier molecular flexibility index (Phi) is 7.83. The first-order chi connectivity index (χ1) is 17.9. The van der Waals surface area contributed by atoms with E-state index < -0.39 is 0 Å². The van der Waals surface area contributed by atoms with E-state index >= 15 is 0 Å². The second kappa shape index (κ2) is 11.2. The van der Waals surface area contributed by atoms with Gasteiger partial charge in [-0.3, -0.25) is 9.69 Å². The van der Waals surface area contributed by atoms with Gasteiger partial charge in [0.2, 0.25) is 5.91 Å². The molecular weight excluding hydrogens is 503 g/mol. The maximum absolute atomic E-state index is 13.1. The molecule has 1 amide bonds. The molecule has 1 fully saturated rings. The molecule has 5 rings (SSSR count). The third-order valence-corrected chi connectivity index (χ3v) is 7.99.